The van der Waals surface area contributed by atoms with Crippen molar-refractivity contribution in [1.82, 2.24) is 9.97 Å². The molecular weight excluding hydrogens is 469 g/mol. The van der Waals surface area contributed by atoms with E-state index < -0.39 is 28.3 Å². The van der Waals surface area contributed by atoms with Gasteiger partial charge in [0.15, 0.2) is 0 Å². The summed E-state index contributed by atoms with van der Waals surface area (Å²) in [4.78, 5) is 23.7. The highest BCUT2D eigenvalue weighted by atomic mass is 19.3. The van der Waals surface area contributed by atoms with Crippen LogP contribution in [0.25, 0.3) is 10.9 Å². The number of hydrogen-bond donors (Lipinski definition) is 2. The summed E-state index contributed by atoms with van der Waals surface area (Å²) < 4.78 is 44.3. The Morgan fingerprint density at radius 2 is 1.83 bits per heavy atom. The number of aromatic nitrogens is 2. The van der Waals surface area contributed by atoms with E-state index in [0.717, 1.165) is 42.1 Å². The fraction of sp³-hybridized carbons (Fsp3) is 0.444. The van der Waals surface area contributed by atoms with Crippen molar-refractivity contribution < 1.29 is 23.1 Å². The van der Waals surface area contributed by atoms with E-state index >= 15 is 4.39 Å². The van der Waals surface area contributed by atoms with E-state index in [2.05, 4.69) is 15.3 Å². The highest BCUT2D eigenvalue weighted by Crippen LogP contribution is 2.46. The van der Waals surface area contributed by atoms with Crippen LogP contribution in [0.2, 0.25) is 0 Å². The number of aliphatic hydroxyl groups is 1. The van der Waals surface area contributed by atoms with Crippen LogP contribution in [0.3, 0.4) is 0 Å². The maximum Gasteiger partial charge on any atom is 0.303 e. The summed E-state index contributed by atoms with van der Waals surface area (Å²) in [6.07, 6.45) is 0.114. The molecule has 0 unspecified atom stereocenters. The molecule has 1 aromatic heterocycles. The molecule has 0 fully saturated rings. The van der Waals surface area contributed by atoms with Crippen LogP contribution < -0.4 is 10.2 Å². The Hall–Kier alpha value is -3.20. The first-order valence-electron chi connectivity index (χ1n) is 11.8. The van der Waals surface area contributed by atoms with Crippen LogP contribution in [0.1, 0.15) is 55.8 Å². The normalized spacial score (nSPS) is 15.5. The number of halogens is 3. The Morgan fingerprint density at radius 1 is 1.17 bits per heavy atom. The van der Waals surface area contributed by atoms with Gasteiger partial charge in [-0.15, -0.1) is 0 Å². The number of likely N-dealkylation sites (N-methyl/N-ethyl adjacent to an activating group) is 1. The molecule has 9 heteroatoms. The minimum Gasteiger partial charge on any atom is -0.384 e. The third-order valence-corrected chi connectivity index (χ3v) is 7.03. The molecule has 1 amide bonds. The summed E-state index contributed by atoms with van der Waals surface area (Å²) in [5.74, 6) is -3.74. The molecule has 3 aromatic rings. The van der Waals surface area contributed by atoms with Gasteiger partial charge in [-0.3, -0.25) is 4.79 Å². The highest BCUT2D eigenvalue weighted by molar-refractivity contribution is 6.11. The van der Waals surface area contributed by atoms with Gasteiger partial charge in [-0.25, -0.2) is 14.4 Å². The topological polar surface area (TPSA) is 78.4 Å². The van der Waals surface area contributed by atoms with Crippen LogP contribution in [0.5, 0.6) is 0 Å². The molecule has 1 aliphatic rings. The summed E-state index contributed by atoms with van der Waals surface area (Å²) in [6.45, 7) is 9.57. The van der Waals surface area contributed by atoms with Crippen molar-refractivity contribution in [2.75, 3.05) is 23.8 Å². The zero-order valence-corrected chi connectivity index (χ0v) is 21.6. The van der Waals surface area contributed by atoms with Gasteiger partial charge in [-0.2, -0.15) is 8.78 Å². The average Bonchev–Trinajstić information content (AvgIpc) is 2.95. The third kappa shape index (κ3) is 3.89. The van der Waals surface area contributed by atoms with Crippen LogP contribution in [-0.4, -0.2) is 40.2 Å². The Kier molecular flexibility index (Phi) is 6.06. The summed E-state index contributed by atoms with van der Waals surface area (Å²) in [6, 6.07) is 5.73. The number of benzene rings is 2. The summed E-state index contributed by atoms with van der Waals surface area (Å²) in [5.41, 5.74) is -0.563. The van der Waals surface area contributed by atoms with E-state index in [1.165, 1.54) is 12.1 Å². The fourth-order valence-electron chi connectivity index (χ4n) is 4.87. The predicted octanol–water partition coefficient (Wildman–Crippen LogP) is 5.16. The molecule has 2 heterocycles. The lowest BCUT2D eigenvalue weighted by Crippen LogP contribution is -2.41. The van der Waals surface area contributed by atoms with E-state index in [1.807, 2.05) is 26.8 Å². The number of carbonyl (C=O) groups is 1. The maximum absolute atomic E-state index is 15.0. The third-order valence-electron chi connectivity index (χ3n) is 7.03. The molecule has 0 saturated heterocycles. The van der Waals surface area contributed by atoms with Gasteiger partial charge in [0.25, 0.3) is 0 Å². The second kappa shape index (κ2) is 8.44. The van der Waals surface area contributed by atoms with Crippen LogP contribution in [0, 0.1) is 19.7 Å². The van der Waals surface area contributed by atoms with E-state index in [4.69, 9.17) is 0 Å². The number of aryl methyl sites for hydroxylation is 2. The number of carbonyl (C=O) groups excluding carboxylic acids is 1. The highest BCUT2D eigenvalue weighted by Gasteiger charge is 2.49. The summed E-state index contributed by atoms with van der Waals surface area (Å²) in [5, 5.41) is 13.8. The number of hydrogen-bond acceptors (Lipinski definition) is 5. The summed E-state index contributed by atoms with van der Waals surface area (Å²) in [7, 11) is 1.76. The SMILES string of the molecule is Cc1nc(NCCc2cccc(C(F)(F)C(C)(C)O)c2F)c2cc3c(c(C)c2n1)N(C)C(=O)C3(C)C. The van der Waals surface area contributed by atoms with E-state index in [-0.39, 0.29) is 24.4 Å². The molecule has 4 rings (SSSR count). The Morgan fingerprint density at radius 3 is 2.47 bits per heavy atom. The summed E-state index contributed by atoms with van der Waals surface area (Å²) >= 11 is 0. The van der Waals surface area contributed by atoms with Gasteiger partial charge in [0, 0.05) is 19.0 Å². The van der Waals surface area contributed by atoms with Gasteiger partial charge < -0.3 is 15.3 Å². The number of rotatable bonds is 6. The molecule has 192 valence electrons. The van der Waals surface area contributed by atoms with Gasteiger partial charge in [-0.1, -0.05) is 12.1 Å². The maximum atomic E-state index is 15.0. The molecule has 0 bridgehead atoms. The van der Waals surface area contributed by atoms with Gasteiger partial charge in [0.1, 0.15) is 23.1 Å². The van der Waals surface area contributed by atoms with Crippen LogP contribution in [0.15, 0.2) is 24.3 Å². The smallest absolute Gasteiger partial charge is 0.303 e. The predicted molar refractivity (Wildman–Crippen MR) is 134 cm³/mol. The van der Waals surface area contributed by atoms with E-state index in [1.54, 1.807) is 18.9 Å². The monoisotopic (exact) mass is 500 g/mol. The zero-order valence-electron chi connectivity index (χ0n) is 21.6. The van der Waals surface area contributed by atoms with Gasteiger partial charge in [-0.05, 0) is 76.8 Å². The lowest BCUT2D eigenvalue weighted by molar-refractivity contribution is -0.170. The molecular formula is C27H31F3N4O2. The first-order chi connectivity index (χ1) is 16.6. The molecule has 0 atom stereocenters. The number of nitrogens with one attached hydrogen (secondary N) is 1. The van der Waals surface area contributed by atoms with Crippen molar-refractivity contribution in [3.63, 3.8) is 0 Å². The fourth-order valence-corrected chi connectivity index (χ4v) is 4.87. The minimum absolute atomic E-state index is 0.00619. The molecule has 0 radical (unpaired) electrons. The Bertz CT molecular complexity index is 1380. The van der Waals surface area contributed by atoms with E-state index in [0.29, 0.717) is 17.2 Å². The minimum atomic E-state index is -3.75. The van der Waals surface area contributed by atoms with Crippen molar-refractivity contribution in [1.29, 1.82) is 0 Å². The van der Waals surface area contributed by atoms with Gasteiger partial charge >= 0.3 is 5.92 Å². The molecule has 0 spiro atoms. The quantitative estimate of drug-likeness (QED) is 0.489. The average molecular weight is 501 g/mol. The molecule has 1 aliphatic heterocycles. The van der Waals surface area contributed by atoms with Crippen LogP contribution >= 0.6 is 0 Å². The molecule has 36 heavy (non-hydrogen) atoms. The van der Waals surface area contributed by atoms with E-state index in [9.17, 15) is 18.7 Å². The van der Waals surface area contributed by atoms with Crippen LogP contribution in [-0.2, 0) is 22.6 Å². The molecule has 2 N–H and O–H groups in total. The van der Waals surface area contributed by atoms with Crippen molar-refractivity contribution in [3.05, 3.63) is 58.2 Å². The number of amides is 1. The van der Waals surface area contributed by atoms with Crippen molar-refractivity contribution in [3.8, 4) is 0 Å². The molecule has 0 aliphatic carbocycles. The Labute approximate surface area is 208 Å². The molecule has 2 aromatic carbocycles. The molecule has 6 nitrogen and oxygen atoms in total. The standard InChI is InChI=1S/C27H31F3N4O2/c1-14-21-17(13-19-22(14)34(7)24(35)25(19,3)4)23(33-15(2)32-21)31-12-11-16-9-8-10-18(20(16)28)27(29,30)26(5,6)36/h8-10,13,36H,11-12H2,1-7H3,(H,31,32,33). The first kappa shape index (κ1) is 25.9. The largest absolute Gasteiger partial charge is 0.384 e. The van der Waals surface area contributed by atoms with Gasteiger partial charge in [0.05, 0.1) is 22.2 Å². The van der Waals surface area contributed by atoms with Crippen molar-refractivity contribution in [2.45, 2.75) is 64.9 Å². The number of nitrogens with zero attached hydrogens (tertiary/aromatic N) is 3. The van der Waals surface area contributed by atoms with Gasteiger partial charge in [0.2, 0.25) is 5.91 Å². The van der Waals surface area contributed by atoms with Crippen LogP contribution in [0.4, 0.5) is 24.7 Å². The second-order valence-corrected chi connectivity index (χ2v) is 10.5. The zero-order chi connectivity index (χ0) is 26.8. The number of fused-ring (bicyclic) bond motifs is 2. The number of alkyl halides is 2. The van der Waals surface area contributed by atoms with Crippen molar-refractivity contribution in [2.24, 2.45) is 0 Å². The number of anilines is 2. The lowest BCUT2D eigenvalue weighted by Gasteiger charge is -2.30. The Balaban J connectivity index is 1.68. The molecule has 0 saturated carbocycles. The lowest BCUT2D eigenvalue weighted by atomic mass is 9.84. The second-order valence-electron chi connectivity index (χ2n) is 10.5. The van der Waals surface area contributed by atoms with Crippen molar-refractivity contribution >= 4 is 28.3 Å². The first-order valence-corrected chi connectivity index (χ1v) is 11.8.